The molecule has 0 bridgehead atoms. The summed E-state index contributed by atoms with van der Waals surface area (Å²) in [6.07, 6.45) is 1.72. The molecule has 148 valence electrons. The Balaban J connectivity index is 1.94. The standard InChI is InChI=1S/C21H26N4O3/c1-13(2)25-20-18(11-22-25)17(9-14(3)23-20)21(26)24(4)12-15-7-8-16(27-5)10-19(15)28-6/h7-11,13H,12H2,1-6H3. The van der Waals surface area contributed by atoms with Gasteiger partial charge in [-0.05, 0) is 39.0 Å². The summed E-state index contributed by atoms with van der Waals surface area (Å²) >= 11 is 0. The first-order valence-electron chi connectivity index (χ1n) is 9.17. The molecule has 0 spiro atoms. The highest BCUT2D eigenvalue weighted by molar-refractivity contribution is 6.05. The molecule has 7 heteroatoms. The zero-order chi connectivity index (χ0) is 20.4. The van der Waals surface area contributed by atoms with Gasteiger partial charge in [-0.3, -0.25) is 4.79 Å². The van der Waals surface area contributed by atoms with Crippen LogP contribution >= 0.6 is 0 Å². The molecule has 0 fully saturated rings. The van der Waals surface area contributed by atoms with Crippen molar-refractivity contribution in [3.8, 4) is 11.5 Å². The molecule has 0 radical (unpaired) electrons. The van der Waals surface area contributed by atoms with Gasteiger partial charge >= 0.3 is 0 Å². The normalized spacial score (nSPS) is 11.1. The summed E-state index contributed by atoms with van der Waals surface area (Å²) in [5, 5.41) is 5.18. The number of ether oxygens (including phenoxy) is 2. The van der Waals surface area contributed by atoms with E-state index in [-0.39, 0.29) is 11.9 Å². The van der Waals surface area contributed by atoms with Crippen LogP contribution in [-0.4, -0.2) is 46.8 Å². The largest absolute Gasteiger partial charge is 0.497 e. The first-order chi connectivity index (χ1) is 13.3. The minimum atomic E-state index is -0.0864. The molecule has 2 aromatic heterocycles. The number of carbonyl (C=O) groups is 1. The van der Waals surface area contributed by atoms with E-state index in [2.05, 4.69) is 10.1 Å². The summed E-state index contributed by atoms with van der Waals surface area (Å²) in [4.78, 5) is 19.5. The van der Waals surface area contributed by atoms with Crippen molar-refractivity contribution in [1.29, 1.82) is 0 Å². The predicted molar refractivity (Wildman–Crippen MR) is 108 cm³/mol. The molecule has 1 aromatic carbocycles. The highest BCUT2D eigenvalue weighted by Crippen LogP contribution is 2.27. The van der Waals surface area contributed by atoms with Crippen molar-refractivity contribution in [2.45, 2.75) is 33.4 Å². The predicted octanol–water partition coefficient (Wildman–Crippen LogP) is 3.61. The molecule has 0 aliphatic carbocycles. The van der Waals surface area contributed by atoms with E-state index >= 15 is 0 Å². The molecule has 0 saturated heterocycles. The van der Waals surface area contributed by atoms with Crippen molar-refractivity contribution in [3.05, 3.63) is 47.3 Å². The highest BCUT2D eigenvalue weighted by Gasteiger charge is 2.20. The number of aromatic nitrogens is 3. The Labute approximate surface area is 164 Å². The van der Waals surface area contributed by atoms with Crippen molar-refractivity contribution in [3.63, 3.8) is 0 Å². The maximum Gasteiger partial charge on any atom is 0.254 e. The van der Waals surface area contributed by atoms with Crippen molar-refractivity contribution < 1.29 is 14.3 Å². The fraction of sp³-hybridized carbons (Fsp3) is 0.381. The monoisotopic (exact) mass is 382 g/mol. The zero-order valence-electron chi connectivity index (χ0n) is 17.2. The third kappa shape index (κ3) is 3.65. The van der Waals surface area contributed by atoms with Gasteiger partial charge in [0.1, 0.15) is 11.5 Å². The van der Waals surface area contributed by atoms with Crippen LogP contribution in [-0.2, 0) is 6.54 Å². The van der Waals surface area contributed by atoms with E-state index in [9.17, 15) is 4.79 Å². The van der Waals surface area contributed by atoms with Crippen LogP contribution in [0.2, 0.25) is 0 Å². The number of hydrogen-bond acceptors (Lipinski definition) is 5. The Morgan fingerprint density at radius 3 is 2.61 bits per heavy atom. The maximum atomic E-state index is 13.2. The van der Waals surface area contributed by atoms with Crippen molar-refractivity contribution >= 4 is 16.9 Å². The molecule has 0 aliphatic rings. The van der Waals surface area contributed by atoms with Gasteiger partial charge in [0.2, 0.25) is 0 Å². The van der Waals surface area contributed by atoms with Gasteiger partial charge in [0.25, 0.3) is 5.91 Å². The molecule has 0 unspecified atom stereocenters. The molecule has 3 rings (SSSR count). The average molecular weight is 382 g/mol. The molecule has 2 heterocycles. The lowest BCUT2D eigenvalue weighted by atomic mass is 10.1. The first-order valence-corrected chi connectivity index (χ1v) is 9.17. The Morgan fingerprint density at radius 2 is 1.96 bits per heavy atom. The Kier molecular flexibility index (Phi) is 5.53. The fourth-order valence-corrected chi connectivity index (χ4v) is 3.21. The van der Waals surface area contributed by atoms with Crippen LogP contribution in [0, 0.1) is 6.92 Å². The van der Waals surface area contributed by atoms with E-state index < -0.39 is 0 Å². The first kappa shape index (κ1) is 19.7. The molecule has 0 saturated carbocycles. The molecule has 0 N–H and O–H groups in total. The molecular weight excluding hydrogens is 356 g/mol. The van der Waals surface area contributed by atoms with Gasteiger partial charge < -0.3 is 14.4 Å². The van der Waals surface area contributed by atoms with Crippen LogP contribution < -0.4 is 9.47 Å². The number of amides is 1. The fourth-order valence-electron chi connectivity index (χ4n) is 3.21. The SMILES string of the molecule is COc1ccc(CN(C)C(=O)c2cc(C)nc3c2cnn3C(C)C)c(OC)c1. The third-order valence-electron chi connectivity index (χ3n) is 4.66. The van der Waals surface area contributed by atoms with Gasteiger partial charge in [-0.1, -0.05) is 0 Å². The van der Waals surface area contributed by atoms with Gasteiger partial charge in [0.15, 0.2) is 5.65 Å². The highest BCUT2D eigenvalue weighted by atomic mass is 16.5. The van der Waals surface area contributed by atoms with Gasteiger partial charge in [-0.25, -0.2) is 9.67 Å². The van der Waals surface area contributed by atoms with Gasteiger partial charge in [0, 0.05) is 37.0 Å². The maximum absolute atomic E-state index is 13.2. The van der Waals surface area contributed by atoms with E-state index in [1.54, 1.807) is 32.4 Å². The lowest BCUT2D eigenvalue weighted by Gasteiger charge is -2.20. The number of benzene rings is 1. The lowest BCUT2D eigenvalue weighted by Crippen LogP contribution is -2.26. The number of methoxy groups -OCH3 is 2. The summed E-state index contributed by atoms with van der Waals surface area (Å²) in [5.74, 6) is 1.31. The summed E-state index contributed by atoms with van der Waals surface area (Å²) in [7, 11) is 5.00. The van der Waals surface area contributed by atoms with Crippen molar-refractivity contribution in [2.24, 2.45) is 0 Å². The Bertz CT molecular complexity index is 1010. The topological polar surface area (TPSA) is 69.5 Å². The minimum Gasteiger partial charge on any atom is -0.497 e. The molecule has 7 nitrogen and oxygen atoms in total. The van der Waals surface area contributed by atoms with E-state index in [1.807, 2.05) is 49.7 Å². The second-order valence-corrected chi connectivity index (χ2v) is 7.07. The second-order valence-electron chi connectivity index (χ2n) is 7.07. The van der Waals surface area contributed by atoms with Crippen LogP contribution in [0.4, 0.5) is 0 Å². The number of aryl methyl sites for hydroxylation is 1. The van der Waals surface area contributed by atoms with Crippen LogP contribution in [0.15, 0.2) is 30.5 Å². The molecular formula is C21H26N4O3. The quantitative estimate of drug-likeness (QED) is 0.651. The van der Waals surface area contributed by atoms with E-state index in [0.29, 0.717) is 23.6 Å². The number of hydrogen-bond donors (Lipinski definition) is 0. The summed E-state index contributed by atoms with van der Waals surface area (Å²) < 4.78 is 12.5. The number of nitrogens with zero attached hydrogens (tertiary/aromatic N) is 4. The van der Waals surface area contributed by atoms with E-state index in [4.69, 9.17) is 9.47 Å². The number of rotatable bonds is 6. The Morgan fingerprint density at radius 1 is 1.21 bits per heavy atom. The zero-order valence-corrected chi connectivity index (χ0v) is 17.2. The molecule has 28 heavy (non-hydrogen) atoms. The van der Waals surface area contributed by atoms with Crippen LogP contribution in [0.25, 0.3) is 11.0 Å². The molecule has 0 atom stereocenters. The number of carbonyl (C=O) groups excluding carboxylic acids is 1. The van der Waals surface area contributed by atoms with E-state index in [0.717, 1.165) is 22.3 Å². The van der Waals surface area contributed by atoms with Crippen molar-refractivity contribution in [2.75, 3.05) is 21.3 Å². The smallest absolute Gasteiger partial charge is 0.254 e. The number of fused-ring (bicyclic) bond motifs is 1. The van der Waals surface area contributed by atoms with Gasteiger partial charge in [0.05, 0.1) is 31.4 Å². The summed E-state index contributed by atoms with van der Waals surface area (Å²) in [5.41, 5.74) is 3.02. The van der Waals surface area contributed by atoms with Gasteiger partial charge in [-0.15, -0.1) is 0 Å². The lowest BCUT2D eigenvalue weighted by molar-refractivity contribution is 0.0786. The summed E-state index contributed by atoms with van der Waals surface area (Å²) in [6, 6.07) is 7.56. The van der Waals surface area contributed by atoms with Crippen LogP contribution in [0.1, 0.15) is 41.5 Å². The van der Waals surface area contributed by atoms with Crippen molar-refractivity contribution in [1.82, 2.24) is 19.7 Å². The third-order valence-corrected chi connectivity index (χ3v) is 4.66. The minimum absolute atomic E-state index is 0.0864. The summed E-state index contributed by atoms with van der Waals surface area (Å²) in [6.45, 7) is 6.38. The average Bonchev–Trinajstić information content (AvgIpc) is 3.10. The molecule has 0 aliphatic heterocycles. The van der Waals surface area contributed by atoms with Gasteiger partial charge in [-0.2, -0.15) is 5.10 Å². The number of pyridine rings is 1. The Hall–Kier alpha value is -3.09. The van der Waals surface area contributed by atoms with Crippen LogP contribution in [0.3, 0.4) is 0 Å². The van der Waals surface area contributed by atoms with Crippen LogP contribution in [0.5, 0.6) is 11.5 Å². The second kappa shape index (κ2) is 7.88. The molecule has 1 amide bonds. The molecule has 3 aromatic rings. The van der Waals surface area contributed by atoms with E-state index in [1.165, 1.54) is 0 Å².